The first-order valence-electron chi connectivity index (χ1n) is 4.57. The van der Waals surface area contributed by atoms with Crippen LogP contribution in [0.2, 0.25) is 0 Å². The maximum atomic E-state index is 8.94. The second-order valence-electron chi connectivity index (χ2n) is 3.71. The van der Waals surface area contributed by atoms with E-state index < -0.39 is 0 Å². The van der Waals surface area contributed by atoms with E-state index in [2.05, 4.69) is 38.3 Å². The molecule has 1 nitrogen and oxygen atoms in total. The second kappa shape index (κ2) is 4.43. The molecule has 1 heterocycles. The Kier molecular flexibility index (Phi) is 3.50. The Labute approximate surface area is 84.0 Å². The lowest BCUT2D eigenvalue weighted by Crippen LogP contribution is -2.09. The van der Waals surface area contributed by atoms with Crippen LogP contribution in [-0.4, -0.2) is 0 Å². The van der Waals surface area contributed by atoms with Crippen molar-refractivity contribution in [2.75, 3.05) is 0 Å². The fraction of sp³-hybridized carbons (Fsp3) is 0.545. The summed E-state index contributed by atoms with van der Waals surface area (Å²) in [4.78, 5) is 1.36. The van der Waals surface area contributed by atoms with Crippen LogP contribution in [0.1, 0.15) is 24.3 Å². The number of hydrogen-bond donors (Lipinski definition) is 0. The van der Waals surface area contributed by atoms with Crippen molar-refractivity contribution in [1.29, 1.82) is 5.26 Å². The topological polar surface area (TPSA) is 23.8 Å². The molecule has 1 aromatic rings. The summed E-state index contributed by atoms with van der Waals surface area (Å²) < 4.78 is 0. The third kappa shape index (κ3) is 2.57. The van der Waals surface area contributed by atoms with Crippen LogP contribution in [0, 0.1) is 30.1 Å². The van der Waals surface area contributed by atoms with Crippen LogP contribution >= 0.6 is 11.3 Å². The van der Waals surface area contributed by atoms with Crippen LogP contribution in [0.15, 0.2) is 11.4 Å². The van der Waals surface area contributed by atoms with Crippen molar-refractivity contribution < 1.29 is 0 Å². The number of aryl methyl sites for hydroxylation is 1. The zero-order valence-electron chi connectivity index (χ0n) is 8.37. The van der Waals surface area contributed by atoms with Gasteiger partial charge in [0.15, 0.2) is 0 Å². The van der Waals surface area contributed by atoms with E-state index in [0.29, 0.717) is 5.92 Å². The van der Waals surface area contributed by atoms with E-state index in [0.717, 1.165) is 6.42 Å². The van der Waals surface area contributed by atoms with E-state index in [1.54, 1.807) is 11.3 Å². The van der Waals surface area contributed by atoms with Crippen LogP contribution in [-0.2, 0) is 6.42 Å². The normalized spacial score (nSPS) is 12.8. The average molecular weight is 193 g/mol. The molecule has 0 radical (unpaired) electrons. The van der Waals surface area contributed by atoms with Crippen molar-refractivity contribution in [3.05, 3.63) is 21.9 Å². The molecule has 70 valence electrons. The Hall–Kier alpha value is -0.810. The van der Waals surface area contributed by atoms with Crippen LogP contribution < -0.4 is 0 Å². The smallest absolute Gasteiger partial charge is 0.0662 e. The molecule has 0 saturated carbocycles. The molecule has 0 amide bonds. The van der Waals surface area contributed by atoms with Crippen LogP contribution in [0.25, 0.3) is 0 Å². The van der Waals surface area contributed by atoms with Crippen LogP contribution in [0.4, 0.5) is 0 Å². The molecule has 0 aliphatic heterocycles. The van der Waals surface area contributed by atoms with Crippen LogP contribution in [0.5, 0.6) is 0 Å². The second-order valence-corrected chi connectivity index (χ2v) is 4.71. The van der Waals surface area contributed by atoms with Gasteiger partial charge in [-0.15, -0.1) is 11.3 Å². The van der Waals surface area contributed by atoms with E-state index in [-0.39, 0.29) is 5.92 Å². The van der Waals surface area contributed by atoms with E-state index in [1.165, 1.54) is 10.4 Å². The molecule has 0 aliphatic rings. The highest BCUT2D eigenvalue weighted by molar-refractivity contribution is 7.10. The molecule has 1 aromatic heterocycles. The molecule has 0 aliphatic carbocycles. The van der Waals surface area contributed by atoms with Gasteiger partial charge in [0.2, 0.25) is 0 Å². The summed E-state index contributed by atoms with van der Waals surface area (Å²) in [6, 6.07) is 4.49. The molecular formula is C11H15NS. The number of nitrogens with zero attached hydrogens (tertiary/aromatic N) is 1. The standard InChI is InChI=1S/C11H15NS/c1-8(2)10(7-12)6-11-9(3)4-5-13-11/h4-5,8,10H,6H2,1-3H3. The lowest BCUT2D eigenvalue weighted by Gasteiger charge is -2.11. The summed E-state index contributed by atoms with van der Waals surface area (Å²) in [7, 11) is 0. The van der Waals surface area contributed by atoms with Gasteiger partial charge in [-0.3, -0.25) is 0 Å². The fourth-order valence-corrected chi connectivity index (χ4v) is 2.21. The Morgan fingerprint density at radius 1 is 1.54 bits per heavy atom. The van der Waals surface area contributed by atoms with Gasteiger partial charge in [0.1, 0.15) is 0 Å². The Balaban J connectivity index is 2.69. The maximum Gasteiger partial charge on any atom is 0.0662 e. The van der Waals surface area contributed by atoms with Crippen molar-refractivity contribution in [2.45, 2.75) is 27.2 Å². The van der Waals surface area contributed by atoms with Crippen molar-refractivity contribution in [1.82, 2.24) is 0 Å². The highest BCUT2D eigenvalue weighted by atomic mass is 32.1. The van der Waals surface area contributed by atoms with Crippen LogP contribution in [0.3, 0.4) is 0 Å². The van der Waals surface area contributed by atoms with Gasteiger partial charge in [0, 0.05) is 4.88 Å². The first kappa shape index (κ1) is 10.3. The van der Waals surface area contributed by atoms with E-state index in [9.17, 15) is 0 Å². The van der Waals surface area contributed by atoms with Crippen molar-refractivity contribution in [3.8, 4) is 6.07 Å². The molecule has 1 atom stereocenters. The maximum absolute atomic E-state index is 8.94. The van der Waals surface area contributed by atoms with Gasteiger partial charge >= 0.3 is 0 Å². The SMILES string of the molecule is Cc1ccsc1CC(C#N)C(C)C. The average Bonchev–Trinajstić information content (AvgIpc) is 2.46. The Morgan fingerprint density at radius 2 is 2.23 bits per heavy atom. The minimum absolute atomic E-state index is 0.164. The third-order valence-corrected chi connectivity index (χ3v) is 3.39. The number of nitriles is 1. The fourth-order valence-electron chi connectivity index (χ4n) is 1.24. The number of rotatable bonds is 3. The lowest BCUT2D eigenvalue weighted by molar-refractivity contribution is 0.476. The van der Waals surface area contributed by atoms with Gasteiger partial charge in [-0.25, -0.2) is 0 Å². The Morgan fingerprint density at radius 3 is 2.62 bits per heavy atom. The number of hydrogen-bond acceptors (Lipinski definition) is 2. The zero-order chi connectivity index (χ0) is 9.84. The van der Waals surface area contributed by atoms with Gasteiger partial charge < -0.3 is 0 Å². The predicted octanol–water partition coefficient (Wildman–Crippen LogP) is 3.39. The van der Waals surface area contributed by atoms with Gasteiger partial charge in [-0.05, 0) is 36.3 Å². The molecule has 0 N–H and O–H groups in total. The minimum atomic E-state index is 0.164. The summed E-state index contributed by atoms with van der Waals surface area (Å²) >= 11 is 1.76. The third-order valence-electron chi connectivity index (χ3n) is 2.34. The predicted molar refractivity (Wildman–Crippen MR) is 56.7 cm³/mol. The highest BCUT2D eigenvalue weighted by Gasteiger charge is 2.14. The van der Waals surface area contributed by atoms with Crippen molar-refractivity contribution in [3.63, 3.8) is 0 Å². The lowest BCUT2D eigenvalue weighted by atomic mass is 9.93. The molecule has 0 saturated heterocycles. The molecule has 0 spiro atoms. The Bertz CT molecular complexity index is 306. The van der Waals surface area contributed by atoms with E-state index >= 15 is 0 Å². The van der Waals surface area contributed by atoms with Crippen molar-refractivity contribution >= 4 is 11.3 Å². The van der Waals surface area contributed by atoms with Crippen molar-refractivity contribution in [2.24, 2.45) is 11.8 Å². The molecule has 0 aromatic carbocycles. The van der Waals surface area contributed by atoms with Gasteiger partial charge in [-0.2, -0.15) is 5.26 Å². The first-order valence-corrected chi connectivity index (χ1v) is 5.45. The summed E-state index contributed by atoms with van der Waals surface area (Å²) in [5.41, 5.74) is 1.32. The number of thiophene rings is 1. The molecule has 13 heavy (non-hydrogen) atoms. The molecule has 2 heteroatoms. The van der Waals surface area contributed by atoms with Gasteiger partial charge in [-0.1, -0.05) is 13.8 Å². The summed E-state index contributed by atoms with van der Waals surface area (Å²) in [5, 5.41) is 11.0. The highest BCUT2D eigenvalue weighted by Crippen LogP contribution is 2.23. The molecular weight excluding hydrogens is 178 g/mol. The monoisotopic (exact) mass is 193 g/mol. The van der Waals surface area contributed by atoms with Gasteiger partial charge in [0.25, 0.3) is 0 Å². The summed E-state index contributed by atoms with van der Waals surface area (Å²) in [6.07, 6.45) is 0.914. The minimum Gasteiger partial charge on any atom is -0.198 e. The largest absolute Gasteiger partial charge is 0.198 e. The zero-order valence-corrected chi connectivity index (χ0v) is 9.19. The first-order chi connectivity index (χ1) is 6.15. The van der Waals surface area contributed by atoms with E-state index in [4.69, 9.17) is 5.26 Å². The molecule has 1 unspecified atom stereocenters. The summed E-state index contributed by atoms with van der Waals surface area (Å²) in [5.74, 6) is 0.615. The van der Waals surface area contributed by atoms with Gasteiger partial charge in [0.05, 0.1) is 12.0 Å². The van der Waals surface area contributed by atoms with E-state index in [1.807, 2.05) is 0 Å². The molecule has 0 fully saturated rings. The molecule has 0 bridgehead atoms. The quantitative estimate of drug-likeness (QED) is 0.721. The summed E-state index contributed by atoms with van der Waals surface area (Å²) in [6.45, 7) is 6.33. The molecule has 1 rings (SSSR count).